The minimum atomic E-state index is 0.472. The van der Waals surface area contributed by atoms with E-state index in [1.807, 2.05) is 0 Å². The average Bonchev–Trinajstić information content (AvgIpc) is 2.77. The predicted molar refractivity (Wildman–Crippen MR) is 191 cm³/mol. The van der Waals surface area contributed by atoms with Crippen molar-refractivity contribution >= 4 is 146 Å². The van der Waals surface area contributed by atoms with Gasteiger partial charge in [-0.25, -0.2) is 0 Å². The van der Waals surface area contributed by atoms with E-state index < -0.39 is 0 Å². The molecule has 34 heavy (non-hydrogen) atoms. The molecule has 3 aromatic rings. The number of hydrogen-bond acceptors (Lipinski definition) is 0. The maximum atomic E-state index is 2.38. The largest absolute Gasteiger partial charge is 0.140 e. The summed E-state index contributed by atoms with van der Waals surface area (Å²) in [6, 6.07) is 0. The first-order chi connectivity index (χ1) is 15.7. The van der Waals surface area contributed by atoms with Crippen molar-refractivity contribution in [2.75, 3.05) is 0 Å². The Morgan fingerprint density at radius 2 is 0.647 bits per heavy atom. The lowest BCUT2D eigenvalue weighted by Crippen LogP contribution is -2.50. The van der Waals surface area contributed by atoms with Crippen LogP contribution in [0.1, 0.15) is 36.5 Å². The SMILES string of the molecule is Bc1c(B)c(C)c(B)c(-c2c(B)c(-c3c(B)c(B)c(B)c(C)c3B)c(B)c(C(C)C)c2B)c1B. The highest BCUT2D eigenvalue weighted by molar-refractivity contribution is 6.65. The van der Waals surface area contributed by atoms with Crippen LogP contribution in [0.25, 0.3) is 22.3 Å². The molecule has 3 aromatic carbocycles. The van der Waals surface area contributed by atoms with Gasteiger partial charge in [0.05, 0.1) is 0 Å². The Kier molecular flexibility index (Phi) is 7.49. The molecule has 0 aliphatic rings. The molecule has 0 atom stereocenters. The molecular formula is C23H35B11. The van der Waals surface area contributed by atoms with Crippen LogP contribution in [0, 0.1) is 13.8 Å². The number of hydrogen-bond donors (Lipinski definition) is 0. The lowest BCUT2D eigenvalue weighted by molar-refractivity contribution is 0.881. The summed E-state index contributed by atoms with van der Waals surface area (Å²) < 4.78 is 0. The van der Waals surface area contributed by atoms with Crippen LogP contribution in [-0.4, -0.2) is 86.3 Å². The summed E-state index contributed by atoms with van der Waals surface area (Å²) in [4.78, 5) is 0. The Bertz CT molecular complexity index is 1200. The highest BCUT2D eigenvalue weighted by atomic mass is 14.2. The van der Waals surface area contributed by atoms with Crippen molar-refractivity contribution in [1.29, 1.82) is 0 Å². The first-order valence-corrected chi connectivity index (χ1v) is 12.9. The number of rotatable bonds is 3. The van der Waals surface area contributed by atoms with E-state index in [4.69, 9.17) is 0 Å². The van der Waals surface area contributed by atoms with E-state index in [0.717, 1.165) is 0 Å². The molecule has 11 heteroatoms. The Hall–Kier alpha value is -1.63. The molecule has 0 amide bonds. The smallest absolute Gasteiger partial charge is 0.101 e. The fourth-order valence-corrected chi connectivity index (χ4v) is 6.60. The molecule has 0 nitrogen and oxygen atoms in total. The second-order valence-corrected chi connectivity index (χ2v) is 11.2. The molecule has 160 valence electrons. The molecule has 0 saturated heterocycles. The molecule has 0 bridgehead atoms. The minimum Gasteiger partial charge on any atom is -0.101 e. The van der Waals surface area contributed by atoms with E-state index >= 15 is 0 Å². The van der Waals surface area contributed by atoms with Crippen LogP contribution in [-0.2, 0) is 0 Å². The average molecular weight is 430 g/mol. The van der Waals surface area contributed by atoms with Crippen molar-refractivity contribution in [3.8, 4) is 22.3 Å². The summed E-state index contributed by atoms with van der Waals surface area (Å²) in [5.74, 6) is 0.472. The van der Waals surface area contributed by atoms with Crippen molar-refractivity contribution in [2.45, 2.75) is 33.6 Å². The molecular weight excluding hydrogens is 395 g/mol. The van der Waals surface area contributed by atoms with Gasteiger partial charge in [0.1, 0.15) is 86.3 Å². The maximum Gasteiger partial charge on any atom is 0.140 e. The Balaban J connectivity index is 2.66. The summed E-state index contributed by atoms with van der Waals surface area (Å²) in [5, 5.41) is 0. The van der Waals surface area contributed by atoms with Crippen molar-refractivity contribution in [3.05, 3.63) is 16.7 Å². The van der Waals surface area contributed by atoms with E-state index in [2.05, 4.69) is 114 Å². The number of benzene rings is 3. The Morgan fingerprint density at radius 3 is 0.941 bits per heavy atom. The van der Waals surface area contributed by atoms with Crippen molar-refractivity contribution in [1.82, 2.24) is 0 Å². The second kappa shape index (κ2) is 9.44. The minimum absolute atomic E-state index is 0.472. The fraction of sp³-hybridized carbons (Fsp3) is 0.217. The van der Waals surface area contributed by atoms with Gasteiger partial charge in [-0.1, -0.05) is 79.7 Å². The van der Waals surface area contributed by atoms with Crippen LogP contribution in [0.3, 0.4) is 0 Å². The van der Waals surface area contributed by atoms with Crippen molar-refractivity contribution in [3.63, 3.8) is 0 Å². The van der Waals surface area contributed by atoms with Crippen molar-refractivity contribution in [2.24, 2.45) is 0 Å². The van der Waals surface area contributed by atoms with Gasteiger partial charge in [0.25, 0.3) is 0 Å². The zero-order chi connectivity index (χ0) is 26.0. The molecule has 0 N–H and O–H groups in total. The van der Waals surface area contributed by atoms with Crippen LogP contribution < -0.4 is 60.1 Å². The van der Waals surface area contributed by atoms with E-state index in [0.29, 0.717) is 5.92 Å². The third-order valence-electron chi connectivity index (χ3n) is 9.39. The maximum absolute atomic E-state index is 2.38. The highest BCUT2D eigenvalue weighted by Crippen LogP contribution is 2.22. The van der Waals surface area contributed by atoms with E-state index in [1.54, 1.807) is 0 Å². The summed E-state index contributed by atoms with van der Waals surface area (Å²) >= 11 is 0. The lowest BCUT2D eigenvalue weighted by Gasteiger charge is -2.31. The van der Waals surface area contributed by atoms with Gasteiger partial charge in [0.2, 0.25) is 0 Å². The summed E-state index contributed by atoms with van der Waals surface area (Å²) in [5.41, 5.74) is 26.0. The van der Waals surface area contributed by atoms with Crippen LogP contribution in [0.15, 0.2) is 0 Å². The Labute approximate surface area is 218 Å². The highest BCUT2D eigenvalue weighted by Gasteiger charge is 2.25. The van der Waals surface area contributed by atoms with Crippen LogP contribution >= 0.6 is 0 Å². The first-order valence-electron chi connectivity index (χ1n) is 12.9. The standard InChI is InChI=1S/C23H35B11/c1-5(2)8-17(28)11(9-13(24)6(3)15(26)22(33)20(9)31)19(30)12(18(8)29)10-14(25)7(4)16(27)23(34)21(10)32/h5H,24-34H2,1-4H3. The van der Waals surface area contributed by atoms with Gasteiger partial charge < -0.3 is 0 Å². The van der Waals surface area contributed by atoms with Gasteiger partial charge in [-0.05, 0) is 42.0 Å². The zero-order valence-corrected chi connectivity index (χ0v) is 24.6. The van der Waals surface area contributed by atoms with E-state index in [1.165, 1.54) is 99.0 Å². The monoisotopic (exact) mass is 432 g/mol. The molecule has 0 aliphatic carbocycles. The lowest BCUT2D eigenvalue weighted by atomic mass is 9.56. The molecule has 0 unspecified atom stereocenters. The van der Waals surface area contributed by atoms with Crippen molar-refractivity contribution < 1.29 is 0 Å². The molecule has 0 saturated carbocycles. The predicted octanol–water partition coefficient (Wildman–Crippen LogP) is -12.4. The zero-order valence-electron chi connectivity index (χ0n) is 24.6. The normalized spacial score (nSPS) is 11.3. The third kappa shape index (κ3) is 3.86. The molecule has 0 aromatic heterocycles. The fourth-order valence-electron chi connectivity index (χ4n) is 6.60. The molecule has 0 spiro atoms. The molecule has 0 heterocycles. The van der Waals surface area contributed by atoms with E-state index in [9.17, 15) is 0 Å². The van der Waals surface area contributed by atoms with Gasteiger partial charge in [-0.2, -0.15) is 0 Å². The molecule has 0 aliphatic heterocycles. The van der Waals surface area contributed by atoms with Gasteiger partial charge in [-0.3, -0.25) is 0 Å². The van der Waals surface area contributed by atoms with Gasteiger partial charge in [0.15, 0.2) is 0 Å². The summed E-state index contributed by atoms with van der Waals surface area (Å²) in [6.45, 7) is 9.30. The topological polar surface area (TPSA) is 0 Å². The first kappa shape index (κ1) is 27.0. The summed E-state index contributed by atoms with van der Waals surface area (Å²) in [6.07, 6.45) is 0. The molecule has 0 radical (unpaired) electrons. The molecule has 0 fully saturated rings. The van der Waals surface area contributed by atoms with Crippen LogP contribution in [0.5, 0.6) is 0 Å². The van der Waals surface area contributed by atoms with Gasteiger partial charge in [0, 0.05) is 0 Å². The van der Waals surface area contributed by atoms with Crippen LogP contribution in [0.2, 0.25) is 0 Å². The second-order valence-electron chi connectivity index (χ2n) is 11.2. The van der Waals surface area contributed by atoms with Gasteiger partial charge >= 0.3 is 0 Å². The van der Waals surface area contributed by atoms with Gasteiger partial charge in [-0.15, -0.1) is 10.9 Å². The Morgan fingerprint density at radius 1 is 0.353 bits per heavy atom. The summed E-state index contributed by atoms with van der Waals surface area (Å²) in [7, 11) is 25.6. The van der Waals surface area contributed by atoms with Crippen LogP contribution in [0.4, 0.5) is 0 Å². The third-order valence-corrected chi connectivity index (χ3v) is 9.39. The van der Waals surface area contributed by atoms with E-state index in [-0.39, 0.29) is 0 Å². The quantitative estimate of drug-likeness (QED) is 0.362. The molecule has 3 rings (SSSR count).